The number of benzene rings is 3. The molecule has 0 radical (unpaired) electrons. The molecule has 0 aliphatic rings. The van der Waals surface area contributed by atoms with Crippen molar-refractivity contribution in [2.24, 2.45) is 5.73 Å². The number of aryl methyl sites for hydroxylation is 1. The van der Waals surface area contributed by atoms with Gasteiger partial charge in [0.1, 0.15) is 0 Å². The third-order valence-electron chi connectivity index (χ3n) is 4.13. The second-order valence-electron chi connectivity index (χ2n) is 6.02. The number of nitrogen functional groups attached to an aromatic ring is 1. The van der Waals surface area contributed by atoms with Crippen LogP contribution in [0.2, 0.25) is 0 Å². The van der Waals surface area contributed by atoms with Gasteiger partial charge in [-0.1, -0.05) is 67.2 Å². The van der Waals surface area contributed by atoms with Gasteiger partial charge in [-0.05, 0) is 52.8 Å². The molecule has 0 atom stereocenters. The molecular formula is C22H22N2. The number of allylic oxidation sites excluding steroid dienone is 1. The first-order valence-corrected chi connectivity index (χ1v) is 8.11. The lowest BCUT2D eigenvalue weighted by Gasteiger charge is -2.13. The molecule has 3 aromatic carbocycles. The second kappa shape index (κ2) is 7.05. The molecule has 2 nitrogen and oxygen atoms in total. The van der Waals surface area contributed by atoms with E-state index in [1.165, 1.54) is 22.3 Å². The van der Waals surface area contributed by atoms with Crippen LogP contribution in [0.25, 0.3) is 22.3 Å². The van der Waals surface area contributed by atoms with Crippen LogP contribution in [0.1, 0.15) is 12.0 Å². The first kappa shape index (κ1) is 15.9. The molecule has 0 aliphatic heterocycles. The summed E-state index contributed by atoms with van der Waals surface area (Å²) >= 11 is 0. The zero-order valence-corrected chi connectivity index (χ0v) is 13.7. The van der Waals surface area contributed by atoms with Crippen molar-refractivity contribution < 1.29 is 0 Å². The minimum absolute atomic E-state index is 0.707. The Labute approximate surface area is 143 Å². The number of rotatable bonds is 5. The minimum atomic E-state index is 0.707. The Morgan fingerprint density at radius 1 is 0.792 bits per heavy atom. The van der Waals surface area contributed by atoms with Gasteiger partial charge in [0.05, 0.1) is 0 Å². The van der Waals surface area contributed by atoms with Crippen LogP contribution in [0.3, 0.4) is 0 Å². The number of hydrogen-bond donors (Lipinski definition) is 2. The van der Waals surface area contributed by atoms with Gasteiger partial charge in [-0.25, -0.2) is 0 Å². The number of anilines is 1. The van der Waals surface area contributed by atoms with Crippen molar-refractivity contribution in [1.82, 2.24) is 0 Å². The summed E-state index contributed by atoms with van der Waals surface area (Å²) in [6.07, 6.45) is 1.63. The van der Waals surface area contributed by atoms with Gasteiger partial charge in [0.25, 0.3) is 0 Å². The Balaban J connectivity index is 2.06. The maximum atomic E-state index is 5.96. The van der Waals surface area contributed by atoms with Gasteiger partial charge in [-0.2, -0.15) is 0 Å². The quantitative estimate of drug-likeness (QED) is 0.651. The highest BCUT2D eigenvalue weighted by Gasteiger charge is 2.08. The van der Waals surface area contributed by atoms with E-state index in [2.05, 4.69) is 55.1 Å². The van der Waals surface area contributed by atoms with Crippen molar-refractivity contribution in [2.45, 2.75) is 12.8 Å². The fraction of sp³-hybridized carbons (Fsp3) is 0.0909. The van der Waals surface area contributed by atoms with Crippen LogP contribution in [-0.4, -0.2) is 0 Å². The lowest BCUT2D eigenvalue weighted by molar-refractivity contribution is 0.933. The van der Waals surface area contributed by atoms with Crippen LogP contribution in [-0.2, 0) is 6.42 Å². The summed E-state index contributed by atoms with van der Waals surface area (Å²) in [6.45, 7) is 3.83. The summed E-state index contributed by atoms with van der Waals surface area (Å²) < 4.78 is 0. The molecule has 0 heterocycles. The van der Waals surface area contributed by atoms with Gasteiger partial charge in [-0.3, -0.25) is 0 Å². The molecule has 4 N–H and O–H groups in total. The fourth-order valence-corrected chi connectivity index (χ4v) is 2.89. The molecule has 120 valence electrons. The average Bonchev–Trinajstić information content (AvgIpc) is 2.60. The van der Waals surface area contributed by atoms with E-state index in [-0.39, 0.29) is 0 Å². The largest absolute Gasteiger partial charge is 0.403 e. The minimum Gasteiger partial charge on any atom is -0.403 e. The van der Waals surface area contributed by atoms with E-state index in [1.807, 2.05) is 24.3 Å². The van der Waals surface area contributed by atoms with E-state index >= 15 is 0 Å². The predicted octanol–water partition coefficient (Wildman–Crippen LogP) is 5.01. The molecule has 0 aliphatic carbocycles. The van der Waals surface area contributed by atoms with Gasteiger partial charge in [-0.15, -0.1) is 0 Å². The Kier molecular flexibility index (Phi) is 4.66. The molecule has 24 heavy (non-hydrogen) atoms. The van der Waals surface area contributed by atoms with Crippen molar-refractivity contribution >= 4 is 5.69 Å². The van der Waals surface area contributed by atoms with Crippen molar-refractivity contribution in [1.29, 1.82) is 0 Å². The number of hydrogen-bond acceptors (Lipinski definition) is 2. The predicted molar refractivity (Wildman–Crippen MR) is 103 cm³/mol. The molecule has 2 heteroatoms. The molecule has 0 saturated carbocycles. The van der Waals surface area contributed by atoms with E-state index in [0.29, 0.717) is 5.70 Å². The first-order valence-electron chi connectivity index (χ1n) is 8.11. The maximum absolute atomic E-state index is 5.96. The molecule has 0 spiro atoms. The normalized spacial score (nSPS) is 10.5. The van der Waals surface area contributed by atoms with Crippen LogP contribution in [0.5, 0.6) is 0 Å². The van der Waals surface area contributed by atoms with E-state index < -0.39 is 0 Å². The average molecular weight is 314 g/mol. The SMILES string of the molecule is C=C(N)CCc1cc(-c2ccccc2)ccc1-c1cccc(N)c1. The van der Waals surface area contributed by atoms with Crippen LogP contribution in [0.15, 0.2) is 85.1 Å². The highest BCUT2D eigenvalue weighted by molar-refractivity contribution is 5.75. The van der Waals surface area contributed by atoms with Crippen molar-refractivity contribution in [3.8, 4) is 22.3 Å². The molecule has 3 aromatic rings. The van der Waals surface area contributed by atoms with Gasteiger partial charge in [0.2, 0.25) is 0 Å². The summed E-state index contributed by atoms with van der Waals surface area (Å²) in [4.78, 5) is 0. The Bertz CT molecular complexity index is 851. The highest BCUT2D eigenvalue weighted by Crippen LogP contribution is 2.31. The third-order valence-corrected chi connectivity index (χ3v) is 4.13. The lowest BCUT2D eigenvalue weighted by Crippen LogP contribution is -1.99. The highest BCUT2D eigenvalue weighted by atomic mass is 14.6. The molecule has 0 amide bonds. The van der Waals surface area contributed by atoms with Crippen molar-refractivity contribution in [3.63, 3.8) is 0 Å². The smallest absolute Gasteiger partial charge is 0.0320 e. The van der Waals surface area contributed by atoms with Crippen LogP contribution >= 0.6 is 0 Å². The Morgan fingerprint density at radius 2 is 1.54 bits per heavy atom. The summed E-state index contributed by atoms with van der Waals surface area (Å²) in [5.41, 5.74) is 19.2. The van der Waals surface area contributed by atoms with Gasteiger partial charge >= 0.3 is 0 Å². The van der Waals surface area contributed by atoms with Gasteiger partial charge in [0, 0.05) is 11.4 Å². The van der Waals surface area contributed by atoms with E-state index in [0.717, 1.165) is 24.1 Å². The molecule has 0 fully saturated rings. The van der Waals surface area contributed by atoms with E-state index in [1.54, 1.807) is 0 Å². The van der Waals surface area contributed by atoms with Crippen molar-refractivity contribution in [2.75, 3.05) is 5.73 Å². The molecule has 3 rings (SSSR count). The topological polar surface area (TPSA) is 52.0 Å². The Morgan fingerprint density at radius 3 is 2.25 bits per heavy atom. The fourth-order valence-electron chi connectivity index (χ4n) is 2.89. The second-order valence-corrected chi connectivity index (χ2v) is 6.02. The third kappa shape index (κ3) is 3.66. The standard InChI is InChI=1S/C22H22N2/c1-16(23)10-11-20-14-18(17-6-3-2-4-7-17)12-13-22(20)19-8-5-9-21(24)15-19/h2-9,12-15H,1,10-11,23-24H2. The molecule has 0 bridgehead atoms. The number of nitrogens with two attached hydrogens (primary N) is 2. The van der Waals surface area contributed by atoms with Crippen LogP contribution in [0, 0.1) is 0 Å². The van der Waals surface area contributed by atoms with Gasteiger partial charge < -0.3 is 11.5 Å². The molecular weight excluding hydrogens is 292 g/mol. The molecule has 0 unspecified atom stereocenters. The summed E-state index contributed by atoms with van der Waals surface area (Å²) in [5, 5.41) is 0. The molecule has 0 aromatic heterocycles. The van der Waals surface area contributed by atoms with Gasteiger partial charge in [0.15, 0.2) is 0 Å². The zero-order valence-electron chi connectivity index (χ0n) is 13.7. The van der Waals surface area contributed by atoms with Crippen LogP contribution in [0.4, 0.5) is 5.69 Å². The van der Waals surface area contributed by atoms with E-state index in [4.69, 9.17) is 11.5 Å². The Hall–Kier alpha value is -3.00. The maximum Gasteiger partial charge on any atom is 0.0320 e. The van der Waals surface area contributed by atoms with E-state index in [9.17, 15) is 0 Å². The molecule has 0 saturated heterocycles. The first-order chi connectivity index (χ1) is 11.6. The summed E-state index contributed by atoms with van der Waals surface area (Å²) in [7, 11) is 0. The summed E-state index contributed by atoms with van der Waals surface area (Å²) in [5.74, 6) is 0. The zero-order chi connectivity index (χ0) is 16.9. The monoisotopic (exact) mass is 314 g/mol. The van der Waals surface area contributed by atoms with Crippen molar-refractivity contribution in [3.05, 3.63) is 90.6 Å². The lowest BCUT2D eigenvalue weighted by atomic mass is 9.92. The summed E-state index contributed by atoms with van der Waals surface area (Å²) in [6, 6.07) is 25.0. The van der Waals surface area contributed by atoms with Crippen LogP contribution < -0.4 is 11.5 Å².